The molecule has 0 bridgehead atoms. The van der Waals surface area contributed by atoms with Crippen molar-refractivity contribution in [3.8, 4) is 0 Å². The number of hydrogen-bond donors (Lipinski definition) is 1. The van der Waals surface area contributed by atoms with Crippen LogP contribution in [0.15, 0.2) is 41.8 Å². The van der Waals surface area contributed by atoms with E-state index in [0.29, 0.717) is 25.7 Å². The summed E-state index contributed by atoms with van der Waals surface area (Å²) in [6.45, 7) is 1.47. The van der Waals surface area contributed by atoms with Crippen molar-refractivity contribution < 1.29 is 9.18 Å². The Hall–Kier alpha value is -1.72. The third-order valence-corrected chi connectivity index (χ3v) is 5.57. The van der Waals surface area contributed by atoms with E-state index >= 15 is 0 Å². The monoisotopic (exact) mass is 360 g/mol. The van der Waals surface area contributed by atoms with Crippen LogP contribution in [-0.2, 0) is 17.9 Å². The Kier molecular flexibility index (Phi) is 6.59. The average molecular weight is 360 g/mol. The van der Waals surface area contributed by atoms with E-state index in [1.165, 1.54) is 31.4 Å². The molecule has 1 heterocycles. The van der Waals surface area contributed by atoms with Gasteiger partial charge in [0.15, 0.2) is 0 Å². The van der Waals surface area contributed by atoms with Crippen molar-refractivity contribution >= 4 is 17.2 Å². The van der Waals surface area contributed by atoms with Gasteiger partial charge >= 0.3 is 0 Å². The largest absolute Gasteiger partial charge is 0.332 e. The zero-order valence-electron chi connectivity index (χ0n) is 14.4. The van der Waals surface area contributed by atoms with E-state index in [0.717, 1.165) is 23.3 Å². The van der Waals surface area contributed by atoms with Crippen LogP contribution >= 0.6 is 11.3 Å². The highest BCUT2D eigenvalue weighted by atomic mass is 32.1. The summed E-state index contributed by atoms with van der Waals surface area (Å²) in [7, 11) is 0. The number of halogens is 1. The number of thiophene rings is 1. The van der Waals surface area contributed by atoms with Crippen LogP contribution in [0.1, 0.15) is 42.5 Å². The lowest BCUT2D eigenvalue weighted by Crippen LogP contribution is -2.41. The number of rotatable bonds is 7. The van der Waals surface area contributed by atoms with Gasteiger partial charge in [0.2, 0.25) is 5.91 Å². The maximum atomic E-state index is 13.1. The topological polar surface area (TPSA) is 32.3 Å². The van der Waals surface area contributed by atoms with Crippen LogP contribution in [0.25, 0.3) is 0 Å². The molecule has 1 saturated carbocycles. The number of nitrogens with one attached hydrogen (secondary N) is 1. The predicted molar refractivity (Wildman–Crippen MR) is 99.8 cm³/mol. The molecule has 2 aromatic rings. The van der Waals surface area contributed by atoms with Crippen molar-refractivity contribution in [2.45, 2.75) is 51.2 Å². The Balaban J connectivity index is 1.61. The smallest absolute Gasteiger partial charge is 0.237 e. The number of benzene rings is 1. The van der Waals surface area contributed by atoms with E-state index in [4.69, 9.17) is 0 Å². The molecule has 1 aliphatic carbocycles. The first kappa shape index (κ1) is 18.1. The van der Waals surface area contributed by atoms with Crippen LogP contribution in [0.2, 0.25) is 0 Å². The molecule has 0 unspecified atom stereocenters. The van der Waals surface area contributed by atoms with E-state index in [2.05, 4.69) is 5.32 Å². The van der Waals surface area contributed by atoms with Gasteiger partial charge in [-0.15, -0.1) is 11.3 Å². The second-order valence-electron chi connectivity index (χ2n) is 6.67. The molecule has 5 heteroatoms. The van der Waals surface area contributed by atoms with Gasteiger partial charge in [0.05, 0.1) is 13.1 Å². The third kappa shape index (κ3) is 5.65. The van der Waals surface area contributed by atoms with Gasteiger partial charge in [-0.2, -0.15) is 0 Å². The molecule has 0 aliphatic heterocycles. The van der Waals surface area contributed by atoms with Gasteiger partial charge < -0.3 is 10.2 Å². The Labute approximate surface area is 152 Å². The van der Waals surface area contributed by atoms with Crippen LogP contribution in [-0.4, -0.2) is 23.4 Å². The van der Waals surface area contributed by atoms with Crippen molar-refractivity contribution in [1.82, 2.24) is 10.2 Å². The maximum absolute atomic E-state index is 13.1. The molecule has 1 N–H and O–H groups in total. The molecule has 0 spiro atoms. The van der Waals surface area contributed by atoms with Crippen LogP contribution in [0, 0.1) is 5.82 Å². The zero-order chi connectivity index (χ0) is 17.5. The van der Waals surface area contributed by atoms with Crippen LogP contribution in [0.3, 0.4) is 0 Å². The van der Waals surface area contributed by atoms with Gasteiger partial charge in [-0.25, -0.2) is 4.39 Å². The summed E-state index contributed by atoms with van der Waals surface area (Å²) in [5.41, 5.74) is 0.948. The standard InChI is InChI=1S/C20H25FN2OS/c21-17-10-8-16(9-11-17)14-23(15-19-7-4-12-25-19)20(24)13-22-18-5-2-1-3-6-18/h4,7-12,18,22H,1-3,5-6,13-15H2. The maximum Gasteiger partial charge on any atom is 0.237 e. The minimum absolute atomic E-state index is 0.100. The number of amides is 1. The molecule has 1 aliphatic rings. The molecule has 0 atom stereocenters. The minimum atomic E-state index is -0.251. The molecule has 1 amide bonds. The fourth-order valence-corrected chi connectivity index (χ4v) is 4.00. The first-order valence-electron chi connectivity index (χ1n) is 8.99. The lowest BCUT2D eigenvalue weighted by molar-refractivity contribution is -0.131. The van der Waals surface area contributed by atoms with Crippen LogP contribution < -0.4 is 5.32 Å². The highest BCUT2D eigenvalue weighted by molar-refractivity contribution is 7.09. The average Bonchev–Trinajstić information content (AvgIpc) is 3.15. The second-order valence-corrected chi connectivity index (χ2v) is 7.70. The number of nitrogens with zero attached hydrogens (tertiary/aromatic N) is 1. The molecule has 25 heavy (non-hydrogen) atoms. The molecule has 1 fully saturated rings. The Morgan fingerprint density at radius 2 is 1.88 bits per heavy atom. The first-order chi connectivity index (χ1) is 12.2. The molecule has 134 valence electrons. The van der Waals surface area contributed by atoms with Crippen molar-refractivity contribution in [2.75, 3.05) is 6.54 Å². The van der Waals surface area contributed by atoms with E-state index in [-0.39, 0.29) is 11.7 Å². The normalized spacial score (nSPS) is 15.2. The van der Waals surface area contributed by atoms with E-state index in [1.807, 2.05) is 22.4 Å². The predicted octanol–water partition coefficient (Wildman–Crippen LogP) is 4.34. The minimum Gasteiger partial charge on any atom is -0.332 e. The first-order valence-corrected chi connectivity index (χ1v) is 9.86. The van der Waals surface area contributed by atoms with E-state index in [1.54, 1.807) is 23.5 Å². The lowest BCUT2D eigenvalue weighted by Gasteiger charge is -2.26. The molecule has 1 aromatic heterocycles. The van der Waals surface area contributed by atoms with E-state index in [9.17, 15) is 9.18 Å². The van der Waals surface area contributed by atoms with Crippen molar-refractivity contribution in [3.63, 3.8) is 0 Å². The summed E-state index contributed by atoms with van der Waals surface area (Å²) in [5, 5.41) is 5.45. The Morgan fingerprint density at radius 1 is 1.12 bits per heavy atom. The van der Waals surface area contributed by atoms with Gasteiger partial charge in [0, 0.05) is 17.5 Å². The van der Waals surface area contributed by atoms with Crippen molar-refractivity contribution in [1.29, 1.82) is 0 Å². The summed E-state index contributed by atoms with van der Waals surface area (Å²) in [6, 6.07) is 10.9. The number of carbonyl (C=O) groups excluding carboxylic acids is 1. The molecule has 3 rings (SSSR count). The Bertz CT molecular complexity index is 651. The van der Waals surface area contributed by atoms with Gasteiger partial charge in [0.1, 0.15) is 5.82 Å². The van der Waals surface area contributed by atoms with E-state index < -0.39 is 0 Å². The van der Waals surface area contributed by atoms with Gasteiger partial charge in [-0.05, 0) is 42.0 Å². The van der Waals surface area contributed by atoms with Gasteiger partial charge in [0.25, 0.3) is 0 Å². The number of hydrogen-bond acceptors (Lipinski definition) is 3. The fraction of sp³-hybridized carbons (Fsp3) is 0.450. The van der Waals surface area contributed by atoms with Crippen molar-refractivity contribution in [2.24, 2.45) is 0 Å². The quantitative estimate of drug-likeness (QED) is 0.797. The summed E-state index contributed by atoms with van der Waals surface area (Å²) >= 11 is 1.65. The summed E-state index contributed by atoms with van der Waals surface area (Å²) in [5.74, 6) is -0.151. The highest BCUT2D eigenvalue weighted by Crippen LogP contribution is 2.18. The van der Waals surface area contributed by atoms with Crippen LogP contribution in [0.4, 0.5) is 4.39 Å². The molecular weight excluding hydrogens is 335 g/mol. The summed E-state index contributed by atoms with van der Waals surface area (Å²) < 4.78 is 13.1. The summed E-state index contributed by atoms with van der Waals surface area (Å²) in [6.07, 6.45) is 6.13. The SMILES string of the molecule is O=C(CNC1CCCCC1)N(Cc1ccc(F)cc1)Cc1cccs1. The Morgan fingerprint density at radius 3 is 2.56 bits per heavy atom. The van der Waals surface area contributed by atoms with Gasteiger partial charge in [-0.3, -0.25) is 4.79 Å². The zero-order valence-corrected chi connectivity index (χ0v) is 15.2. The second kappa shape index (κ2) is 9.11. The molecule has 0 saturated heterocycles. The number of carbonyl (C=O) groups is 1. The molecule has 1 aromatic carbocycles. The molecular formula is C20H25FN2OS. The molecule has 0 radical (unpaired) electrons. The van der Waals surface area contributed by atoms with Crippen LogP contribution in [0.5, 0.6) is 0 Å². The summed E-state index contributed by atoms with van der Waals surface area (Å²) in [4.78, 5) is 15.8. The lowest BCUT2D eigenvalue weighted by atomic mass is 9.95. The van der Waals surface area contributed by atoms with Gasteiger partial charge in [-0.1, -0.05) is 37.5 Å². The molecule has 3 nitrogen and oxygen atoms in total. The highest BCUT2D eigenvalue weighted by Gasteiger charge is 2.18. The van der Waals surface area contributed by atoms with Crippen molar-refractivity contribution in [3.05, 3.63) is 58.0 Å². The fourth-order valence-electron chi connectivity index (χ4n) is 3.28. The third-order valence-electron chi connectivity index (χ3n) is 4.71.